The quantitative estimate of drug-likeness (QED) is 0.766. The van der Waals surface area contributed by atoms with E-state index in [1.807, 2.05) is 25.1 Å². The number of carbonyl (C=O) groups excluding carboxylic acids is 1. The van der Waals surface area contributed by atoms with E-state index in [1.165, 1.54) is 24.3 Å². The Bertz CT molecular complexity index is 623. The summed E-state index contributed by atoms with van der Waals surface area (Å²) in [5.74, 6) is 0.127. The van der Waals surface area contributed by atoms with Crippen LogP contribution in [0.15, 0.2) is 46.9 Å². The highest BCUT2D eigenvalue weighted by molar-refractivity contribution is 9.10. The van der Waals surface area contributed by atoms with Gasteiger partial charge in [-0.05, 0) is 61.9 Å². The summed E-state index contributed by atoms with van der Waals surface area (Å²) < 4.78 is 19.5. The second-order valence-corrected chi connectivity index (χ2v) is 5.46. The molecule has 0 aliphatic rings. The number of aryl methyl sites for hydroxylation is 1. The van der Waals surface area contributed by atoms with Gasteiger partial charge < -0.3 is 4.74 Å². The monoisotopic (exact) mass is 336 g/mol. The van der Waals surface area contributed by atoms with Gasteiger partial charge in [0.25, 0.3) is 0 Å². The molecule has 0 amide bonds. The Morgan fingerprint density at radius 2 is 1.85 bits per heavy atom. The third-order valence-electron chi connectivity index (χ3n) is 2.94. The largest absolute Gasteiger partial charge is 0.482 e. The summed E-state index contributed by atoms with van der Waals surface area (Å²) in [5.41, 5.74) is 1.38. The highest BCUT2D eigenvalue weighted by atomic mass is 79.9. The molecule has 1 unspecified atom stereocenters. The van der Waals surface area contributed by atoms with E-state index in [1.54, 1.807) is 6.92 Å². The number of hydrogen-bond acceptors (Lipinski definition) is 2. The Balaban J connectivity index is 2.13. The van der Waals surface area contributed by atoms with Crippen molar-refractivity contribution in [2.24, 2.45) is 0 Å². The second-order valence-electron chi connectivity index (χ2n) is 4.54. The molecule has 0 aromatic heterocycles. The van der Waals surface area contributed by atoms with E-state index in [0.717, 1.165) is 10.0 Å². The van der Waals surface area contributed by atoms with Gasteiger partial charge >= 0.3 is 0 Å². The SMILES string of the molecule is Cc1cc(Br)ccc1OC(C)C(=O)c1ccc(F)cc1. The fourth-order valence-corrected chi connectivity index (χ4v) is 2.31. The molecule has 0 radical (unpaired) electrons. The summed E-state index contributed by atoms with van der Waals surface area (Å²) in [5, 5.41) is 0. The van der Waals surface area contributed by atoms with Gasteiger partial charge in [-0.25, -0.2) is 4.39 Å². The van der Waals surface area contributed by atoms with E-state index in [-0.39, 0.29) is 11.6 Å². The second kappa shape index (κ2) is 6.18. The van der Waals surface area contributed by atoms with Crippen molar-refractivity contribution in [2.45, 2.75) is 20.0 Å². The third kappa shape index (κ3) is 3.45. The Hall–Kier alpha value is -1.68. The van der Waals surface area contributed by atoms with Crippen LogP contribution in [0.4, 0.5) is 4.39 Å². The molecule has 0 bridgehead atoms. The van der Waals surface area contributed by atoms with E-state index in [0.29, 0.717) is 11.3 Å². The van der Waals surface area contributed by atoms with E-state index < -0.39 is 6.10 Å². The van der Waals surface area contributed by atoms with E-state index in [2.05, 4.69) is 15.9 Å². The van der Waals surface area contributed by atoms with Crippen LogP contribution < -0.4 is 4.74 Å². The molecule has 0 spiro atoms. The first-order valence-corrected chi connectivity index (χ1v) is 6.99. The van der Waals surface area contributed by atoms with Gasteiger partial charge in [0.2, 0.25) is 5.78 Å². The molecule has 2 aromatic rings. The maximum absolute atomic E-state index is 12.8. The molecule has 20 heavy (non-hydrogen) atoms. The fraction of sp³-hybridized carbons (Fsp3) is 0.188. The molecule has 0 aliphatic carbocycles. The van der Waals surface area contributed by atoms with Crippen LogP contribution in [0.5, 0.6) is 5.75 Å². The van der Waals surface area contributed by atoms with Gasteiger partial charge in [0.1, 0.15) is 11.6 Å². The van der Waals surface area contributed by atoms with Crippen LogP contribution in [0.3, 0.4) is 0 Å². The van der Waals surface area contributed by atoms with Crippen LogP contribution in [-0.4, -0.2) is 11.9 Å². The standard InChI is InChI=1S/C16H14BrFO2/c1-10-9-13(17)5-8-15(10)20-11(2)16(19)12-3-6-14(18)7-4-12/h3-9,11H,1-2H3. The number of carbonyl (C=O) groups is 1. The van der Waals surface area contributed by atoms with Gasteiger partial charge in [0.05, 0.1) is 0 Å². The lowest BCUT2D eigenvalue weighted by Crippen LogP contribution is -2.24. The van der Waals surface area contributed by atoms with Crippen LogP contribution >= 0.6 is 15.9 Å². The molecule has 0 N–H and O–H groups in total. The summed E-state index contributed by atoms with van der Waals surface area (Å²) in [4.78, 5) is 12.2. The van der Waals surface area contributed by atoms with Crippen LogP contribution in [0.2, 0.25) is 0 Å². The number of Topliss-reactive ketones (excluding diaryl/α,β-unsaturated/α-hetero) is 1. The zero-order valence-corrected chi connectivity index (χ0v) is 12.8. The maximum Gasteiger partial charge on any atom is 0.202 e. The Morgan fingerprint density at radius 3 is 2.45 bits per heavy atom. The van der Waals surface area contributed by atoms with E-state index >= 15 is 0 Å². The highest BCUT2D eigenvalue weighted by Crippen LogP contribution is 2.23. The Labute approximate surface area is 125 Å². The third-order valence-corrected chi connectivity index (χ3v) is 3.43. The average molecular weight is 337 g/mol. The molecule has 0 saturated heterocycles. The van der Waals surface area contributed by atoms with Gasteiger partial charge in [-0.15, -0.1) is 0 Å². The zero-order valence-electron chi connectivity index (χ0n) is 11.2. The number of rotatable bonds is 4. The summed E-state index contributed by atoms with van der Waals surface area (Å²) in [6.45, 7) is 3.60. The summed E-state index contributed by atoms with van der Waals surface area (Å²) in [6.07, 6.45) is -0.625. The van der Waals surface area contributed by atoms with E-state index in [4.69, 9.17) is 4.74 Å². The van der Waals surface area contributed by atoms with Crippen LogP contribution in [0.1, 0.15) is 22.8 Å². The van der Waals surface area contributed by atoms with Crippen molar-refractivity contribution in [3.05, 3.63) is 63.9 Å². The first kappa shape index (κ1) is 14.7. The van der Waals surface area contributed by atoms with Crippen molar-refractivity contribution in [2.75, 3.05) is 0 Å². The fourth-order valence-electron chi connectivity index (χ4n) is 1.84. The number of halogens is 2. The van der Waals surface area contributed by atoms with Crippen molar-refractivity contribution in [3.63, 3.8) is 0 Å². The van der Waals surface area contributed by atoms with Gasteiger partial charge in [0, 0.05) is 10.0 Å². The minimum Gasteiger partial charge on any atom is -0.482 e. The molecule has 0 aliphatic heterocycles. The van der Waals surface area contributed by atoms with Gasteiger partial charge in [0.15, 0.2) is 6.10 Å². The zero-order chi connectivity index (χ0) is 14.7. The predicted octanol–water partition coefficient (Wildman–Crippen LogP) is 4.55. The summed E-state index contributed by atoms with van der Waals surface area (Å²) in [7, 11) is 0. The molecule has 0 fully saturated rings. The molecule has 2 rings (SSSR count). The van der Waals surface area contributed by atoms with Gasteiger partial charge in [-0.1, -0.05) is 15.9 Å². The lowest BCUT2D eigenvalue weighted by atomic mass is 10.1. The van der Waals surface area contributed by atoms with Crippen LogP contribution in [0.25, 0.3) is 0 Å². The minimum absolute atomic E-state index is 0.174. The Morgan fingerprint density at radius 1 is 1.20 bits per heavy atom. The van der Waals surface area contributed by atoms with Crippen LogP contribution in [0, 0.1) is 12.7 Å². The lowest BCUT2D eigenvalue weighted by molar-refractivity contribution is 0.0817. The smallest absolute Gasteiger partial charge is 0.202 e. The minimum atomic E-state index is -0.625. The molecular weight excluding hydrogens is 323 g/mol. The van der Waals surface area contributed by atoms with Crippen LogP contribution in [-0.2, 0) is 0 Å². The van der Waals surface area contributed by atoms with E-state index in [9.17, 15) is 9.18 Å². The molecule has 104 valence electrons. The number of benzene rings is 2. The molecule has 0 saturated carbocycles. The van der Waals surface area contributed by atoms with Crippen molar-refractivity contribution in [1.82, 2.24) is 0 Å². The highest BCUT2D eigenvalue weighted by Gasteiger charge is 2.17. The predicted molar refractivity (Wildman–Crippen MR) is 79.7 cm³/mol. The first-order valence-electron chi connectivity index (χ1n) is 6.20. The number of hydrogen-bond donors (Lipinski definition) is 0. The molecular formula is C16H14BrFO2. The topological polar surface area (TPSA) is 26.3 Å². The average Bonchev–Trinajstić information content (AvgIpc) is 2.42. The first-order chi connectivity index (χ1) is 9.47. The molecule has 4 heteroatoms. The molecule has 0 heterocycles. The van der Waals surface area contributed by atoms with Gasteiger partial charge in [-0.3, -0.25) is 4.79 Å². The summed E-state index contributed by atoms with van der Waals surface area (Å²) >= 11 is 3.38. The van der Waals surface area contributed by atoms with Crippen molar-refractivity contribution < 1.29 is 13.9 Å². The maximum atomic E-state index is 12.8. The molecule has 1 atom stereocenters. The lowest BCUT2D eigenvalue weighted by Gasteiger charge is -2.15. The van der Waals surface area contributed by atoms with Crippen molar-refractivity contribution in [1.29, 1.82) is 0 Å². The summed E-state index contributed by atoms with van der Waals surface area (Å²) in [6, 6.07) is 11.1. The van der Waals surface area contributed by atoms with Gasteiger partial charge in [-0.2, -0.15) is 0 Å². The normalized spacial score (nSPS) is 12.0. The Kier molecular flexibility index (Phi) is 4.55. The molecule has 2 aromatic carbocycles. The van der Waals surface area contributed by atoms with Crippen molar-refractivity contribution >= 4 is 21.7 Å². The molecule has 2 nitrogen and oxygen atoms in total. The van der Waals surface area contributed by atoms with Crippen molar-refractivity contribution in [3.8, 4) is 5.75 Å². The number of ketones is 1. The number of ether oxygens (including phenoxy) is 1.